The molecular weight excluding hydrogens is 172 g/mol. The van der Waals surface area contributed by atoms with E-state index < -0.39 is 0 Å². The predicted molar refractivity (Wildman–Crippen MR) is 60.4 cm³/mol. The molecule has 2 nitrogen and oxygen atoms in total. The van der Waals surface area contributed by atoms with Gasteiger partial charge in [0.15, 0.2) is 0 Å². The lowest BCUT2D eigenvalue weighted by atomic mass is 9.98. The van der Waals surface area contributed by atoms with E-state index in [-0.39, 0.29) is 0 Å². The summed E-state index contributed by atoms with van der Waals surface area (Å²) in [6, 6.07) is 0.756. The molecule has 1 aliphatic carbocycles. The van der Waals surface area contributed by atoms with Crippen LogP contribution >= 0.6 is 0 Å². The van der Waals surface area contributed by atoms with Gasteiger partial charge in [-0.05, 0) is 38.3 Å². The first-order valence-corrected chi connectivity index (χ1v) is 6.19. The van der Waals surface area contributed by atoms with Crippen molar-refractivity contribution in [1.82, 2.24) is 10.2 Å². The van der Waals surface area contributed by atoms with Crippen molar-refractivity contribution in [3.63, 3.8) is 0 Å². The minimum Gasteiger partial charge on any atom is -0.316 e. The molecule has 14 heavy (non-hydrogen) atoms. The van der Waals surface area contributed by atoms with Crippen molar-refractivity contribution in [3.8, 4) is 0 Å². The second-order valence-electron chi connectivity index (χ2n) is 5.20. The monoisotopic (exact) mass is 196 g/mol. The largest absolute Gasteiger partial charge is 0.316 e. The van der Waals surface area contributed by atoms with Gasteiger partial charge in [0, 0.05) is 19.1 Å². The van der Waals surface area contributed by atoms with Gasteiger partial charge in [-0.1, -0.05) is 19.8 Å². The van der Waals surface area contributed by atoms with E-state index in [9.17, 15) is 0 Å². The maximum absolute atomic E-state index is 3.39. The molecule has 2 heteroatoms. The van der Waals surface area contributed by atoms with Crippen LogP contribution in [0.25, 0.3) is 0 Å². The Bertz CT molecular complexity index is 181. The van der Waals surface area contributed by atoms with Crippen LogP contribution in [-0.4, -0.2) is 37.6 Å². The van der Waals surface area contributed by atoms with E-state index in [4.69, 9.17) is 0 Å². The Morgan fingerprint density at radius 3 is 2.71 bits per heavy atom. The van der Waals surface area contributed by atoms with Crippen LogP contribution < -0.4 is 5.32 Å². The summed E-state index contributed by atoms with van der Waals surface area (Å²) >= 11 is 0. The quantitative estimate of drug-likeness (QED) is 0.739. The first kappa shape index (κ1) is 10.4. The van der Waals surface area contributed by atoms with Crippen LogP contribution in [0.3, 0.4) is 0 Å². The summed E-state index contributed by atoms with van der Waals surface area (Å²) in [5.74, 6) is 1.97. The highest BCUT2D eigenvalue weighted by Gasteiger charge is 2.28. The van der Waals surface area contributed by atoms with Crippen LogP contribution in [0, 0.1) is 11.8 Å². The van der Waals surface area contributed by atoms with Crippen molar-refractivity contribution in [2.24, 2.45) is 11.8 Å². The first-order valence-electron chi connectivity index (χ1n) is 6.19. The van der Waals surface area contributed by atoms with Crippen molar-refractivity contribution in [3.05, 3.63) is 0 Å². The molecule has 0 aromatic heterocycles. The molecule has 2 fully saturated rings. The van der Waals surface area contributed by atoms with Gasteiger partial charge in [-0.25, -0.2) is 0 Å². The summed E-state index contributed by atoms with van der Waals surface area (Å²) < 4.78 is 0. The summed E-state index contributed by atoms with van der Waals surface area (Å²) in [6.07, 6.45) is 5.75. The third kappa shape index (κ3) is 2.29. The minimum absolute atomic E-state index is 0.756. The normalized spacial score (nSPS) is 39.4. The van der Waals surface area contributed by atoms with E-state index in [1.165, 1.54) is 45.3 Å². The van der Waals surface area contributed by atoms with Crippen molar-refractivity contribution in [2.45, 2.75) is 38.6 Å². The molecule has 3 unspecified atom stereocenters. The van der Waals surface area contributed by atoms with Crippen LogP contribution in [0.1, 0.15) is 32.6 Å². The Morgan fingerprint density at radius 1 is 1.29 bits per heavy atom. The molecule has 0 bridgehead atoms. The molecule has 1 heterocycles. The first-order chi connectivity index (χ1) is 6.79. The van der Waals surface area contributed by atoms with Gasteiger partial charge >= 0.3 is 0 Å². The molecule has 3 atom stereocenters. The predicted octanol–water partition coefficient (Wildman–Crippen LogP) is 1.72. The topological polar surface area (TPSA) is 15.3 Å². The summed E-state index contributed by atoms with van der Waals surface area (Å²) in [5, 5.41) is 3.39. The highest BCUT2D eigenvalue weighted by molar-refractivity contribution is 4.84. The Balaban J connectivity index is 1.75. The number of nitrogens with one attached hydrogen (secondary N) is 1. The van der Waals surface area contributed by atoms with Gasteiger partial charge in [0.1, 0.15) is 0 Å². The lowest BCUT2D eigenvalue weighted by molar-refractivity contribution is 0.245. The van der Waals surface area contributed by atoms with Crippen LogP contribution in [0.5, 0.6) is 0 Å². The molecule has 1 aliphatic heterocycles. The average Bonchev–Trinajstić information content (AvgIpc) is 2.77. The van der Waals surface area contributed by atoms with Gasteiger partial charge in [0.25, 0.3) is 0 Å². The van der Waals surface area contributed by atoms with E-state index >= 15 is 0 Å². The van der Waals surface area contributed by atoms with Crippen molar-refractivity contribution >= 4 is 0 Å². The Hall–Kier alpha value is -0.0800. The summed E-state index contributed by atoms with van der Waals surface area (Å²) in [6.45, 7) is 6.39. The fourth-order valence-corrected chi connectivity index (χ4v) is 3.06. The van der Waals surface area contributed by atoms with Gasteiger partial charge in [-0.3, -0.25) is 0 Å². The van der Waals surface area contributed by atoms with Gasteiger partial charge in [0.2, 0.25) is 0 Å². The molecule has 1 N–H and O–H groups in total. The summed E-state index contributed by atoms with van der Waals surface area (Å²) in [7, 11) is 2.09. The van der Waals surface area contributed by atoms with E-state index in [0.717, 1.165) is 17.9 Å². The fourth-order valence-electron chi connectivity index (χ4n) is 3.06. The van der Waals surface area contributed by atoms with Crippen molar-refractivity contribution < 1.29 is 0 Å². The van der Waals surface area contributed by atoms with E-state index in [0.29, 0.717) is 0 Å². The van der Waals surface area contributed by atoms with Gasteiger partial charge < -0.3 is 10.2 Å². The lowest BCUT2D eigenvalue weighted by Crippen LogP contribution is -2.33. The Kier molecular flexibility index (Phi) is 3.45. The molecule has 2 rings (SSSR count). The smallest absolute Gasteiger partial charge is 0.0204 e. The number of likely N-dealkylation sites (N-methyl/N-ethyl adjacent to an activating group) is 1. The highest BCUT2D eigenvalue weighted by Crippen LogP contribution is 2.32. The molecule has 0 radical (unpaired) electrons. The Labute approximate surface area is 88.1 Å². The third-order valence-electron chi connectivity index (χ3n) is 4.21. The van der Waals surface area contributed by atoms with E-state index in [2.05, 4.69) is 24.2 Å². The van der Waals surface area contributed by atoms with Gasteiger partial charge in [0.05, 0.1) is 0 Å². The number of hydrogen-bond acceptors (Lipinski definition) is 2. The summed E-state index contributed by atoms with van der Waals surface area (Å²) in [5.41, 5.74) is 0. The molecule has 0 spiro atoms. The second-order valence-corrected chi connectivity index (χ2v) is 5.20. The molecule has 2 aliphatic rings. The highest BCUT2D eigenvalue weighted by atomic mass is 15.2. The zero-order valence-electron chi connectivity index (χ0n) is 9.63. The fraction of sp³-hybridized carbons (Fsp3) is 1.00. The average molecular weight is 196 g/mol. The number of hydrogen-bond donors (Lipinski definition) is 1. The van der Waals surface area contributed by atoms with Crippen LogP contribution in [0.15, 0.2) is 0 Å². The SMILES string of the molecule is CNC1CCN(CC2CCCC2C)C1. The minimum atomic E-state index is 0.756. The zero-order valence-corrected chi connectivity index (χ0v) is 9.63. The Morgan fingerprint density at radius 2 is 2.14 bits per heavy atom. The van der Waals surface area contributed by atoms with Gasteiger partial charge in [-0.2, -0.15) is 0 Å². The molecule has 0 aromatic carbocycles. The molecule has 1 saturated carbocycles. The van der Waals surface area contributed by atoms with Crippen LogP contribution in [0.2, 0.25) is 0 Å². The number of rotatable bonds is 3. The zero-order chi connectivity index (χ0) is 9.97. The van der Waals surface area contributed by atoms with E-state index in [1.54, 1.807) is 0 Å². The van der Waals surface area contributed by atoms with Crippen molar-refractivity contribution in [2.75, 3.05) is 26.7 Å². The maximum atomic E-state index is 3.39. The van der Waals surface area contributed by atoms with Crippen LogP contribution in [-0.2, 0) is 0 Å². The summed E-state index contributed by atoms with van der Waals surface area (Å²) in [4.78, 5) is 2.66. The third-order valence-corrected chi connectivity index (χ3v) is 4.21. The molecular formula is C12H24N2. The maximum Gasteiger partial charge on any atom is 0.0204 e. The molecule has 0 aromatic rings. The van der Waals surface area contributed by atoms with Crippen LogP contribution in [0.4, 0.5) is 0 Å². The standard InChI is InChI=1S/C12H24N2/c1-10-4-3-5-11(10)8-14-7-6-12(9-14)13-2/h10-13H,3-9H2,1-2H3. The number of nitrogens with zero attached hydrogens (tertiary/aromatic N) is 1. The van der Waals surface area contributed by atoms with Crippen molar-refractivity contribution in [1.29, 1.82) is 0 Å². The molecule has 82 valence electrons. The van der Waals surface area contributed by atoms with E-state index in [1.807, 2.05) is 0 Å². The number of likely N-dealkylation sites (tertiary alicyclic amines) is 1. The molecule has 0 amide bonds. The molecule has 1 saturated heterocycles. The van der Waals surface area contributed by atoms with Gasteiger partial charge in [-0.15, -0.1) is 0 Å². The lowest BCUT2D eigenvalue weighted by Gasteiger charge is -2.23. The second kappa shape index (κ2) is 4.63.